The lowest BCUT2D eigenvalue weighted by Crippen LogP contribution is -2.32. The number of rotatable bonds is 5. The molecule has 0 saturated heterocycles. The van der Waals surface area contributed by atoms with Gasteiger partial charge in [-0.3, -0.25) is 9.52 Å². The van der Waals surface area contributed by atoms with E-state index >= 15 is 0 Å². The Morgan fingerprint density at radius 1 is 0.929 bits per heavy atom. The van der Waals surface area contributed by atoms with Gasteiger partial charge in [0.1, 0.15) is 13.2 Å². The fourth-order valence-electron chi connectivity index (χ4n) is 3.43. The number of ether oxygens (including phenoxy) is 2. The number of hydrogen-bond acceptors (Lipinski definition) is 5. The number of fused-ring (bicyclic) bond motifs is 1. The van der Waals surface area contributed by atoms with Crippen LogP contribution in [0, 0.1) is 0 Å². The summed E-state index contributed by atoms with van der Waals surface area (Å²) in [6, 6.07) is 11.1. The highest BCUT2D eigenvalue weighted by atomic mass is 32.2. The molecule has 1 aliphatic carbocycles. The number of carbonyl (C=O) groups is 1. The second-order valence-electron chi connectivity index (χ2n) is 6.94. The van der Waals surface area contributed by atoms with Crippen molar-refractivity contribution in [2.24, 2.45) is 0 Å². The van der Waals surface area contributed by atoms with Crippen LogP contribution in [0.25, 0.3) is 0 Å². The Bertz CT molecular complexity index is 967. The molecule has 0 bridgehead atoms. The van der Waals surface area contributed by atoms with Gasteiger partial charge in [0.05, 0.1) is 4.90 Å². The largest absolute Gasteiger partial charge is 0.486 e. The third-order valence-corrected chi connectivity index (χ3v) is 6.29. The van der Waals surface area contributed by atoms with Crippen LogP contribution in [0.15, 0.2) is 47.4 Å². The maximum absolute atomic E-state index is 12.6. The average Bonchev–Trinajstić information content (AvgIpc) is 3.21. The van der Waals surface area contributed by atoms with Crippen molar-refractivity contribution in [2.45, 2.75) is 36.6 Å². The van der Waals surface area contributed by atoms with Gasteiger partial charge in [0, 0.05) is 23.4 Å². The second-order valence-corrected chi connectivity index (χ2v) is 8.63. The Morgan fingerprint density at radius 3 is 2.32 bits per heavy atom. The summed E-state index contributed by atoms with van der Waals surface area (Å²) in [6.07, 6.45) is 4.31. The van der Waals surface area contributed by atoms with Gasteiger partial charge in [0.25, 0.3) is 15.9 Å². The van der Waals surface area contributed by atoms with Crippen molar-refractivity contribution in [3.05, 3.63) is 48.0 Å². The number of nitrogens with one attached hydrogen (secondary N) is 2. The topological polar surface area (TPSA) is 93.7 Å². The van der Waals surface area contributed by atoms with Crippen LogP contribution in [0.3, 0.4) is 0 Å². The normalized spacial score (nSPS) is 16.6. The molecule has 2 N–H and O–H groups in total. The number of amides is 1. The molecule has 28 heavy (non-hydrogen) atoms. The highest BCUT2D eigenvalue weighted by Crippen LogP contribution is 2.32. The molecular formula is C20H22N2O5S. The van der Waals surface area contributed by atoms with Gasteiger partial charge in [0.15, 0.2) is 11.5 Å². The SMILES string of the molecule is O=C(NC1CCCC1)c1ccc(NS(=O)(=O)c2ccc3c(c2)OCCO3)cc1. The summed E-state index contributed by atoms with van der Waals surface area (Å²) in [5, 5.41) is 3.01. The van der Waals surface area contributed by atoms with E-state index in [-0.39, 0.29) is 16.8 Å². The van der Waals surface area contributed by atoms with E-state index in [1.165, 1.54) is 12.1 Å². The predicted octanol–water partition coefficient (Wildman–Crippen LogP) is 2.93. The van der Waals surface area contributed by atoms with E-state index in [4.69, 9.17) is 9.47 Å². The molecule has 0 radical (unpaired) electrons. The lowest BCUT2D eigenvalue weighted by atomic mass is 10.1. The molecule has 2 aliphatic rings. The zero-order valence-corrected chi connectivity index (χ0v) is 16.1. The first-order valence-electron chi connectivity index (χ1n) is 9.35. The van der Waals surface area contributed by atoms with Crippen LogP contribution in [-0.4, -0.2) is 33.6 Å². The Labute approximate surface area is 164 Å². The fourth-order valence-corrected chi connectivity index (χ4v) is 4.51. The molecule has 1 fully saturated rings. The summed E-state index contributed by atoms with van der Waals surface area (Å²) in [5.74, 6) is 0.809. The third kappa shape index (κ3) is 4.06. The number of anilines is 1. The summed E-state index contributed by atoms with van der Waals surface area (Å²) >= 11 is 0. The molecule has 1 aliphatic heterocycles. The van der Waals surface area contributed by atoms with Crippen LogP contribution in [-0.2, 0) is 10.0 Å². The molecule has 0 aromatic heterocycles. The maximum atomic E-state index is 12.6. The van der Waals surface area contributed by atoms with Gasteiger partial charge in [-0.25, -0.2) is 8.42 Å². The van der Waals surface area contributed by atoms with E-state index in [1.807, 2.05) is 0 Å². The van der Waals surface area contributed by atoms with Crippen LogP contribution in [0.2, 0.25) is 0 Å². The van der Waals surface area contributed by atoms with Crippen LogP contribution in [0.5, 0.6) is 11.5 Å². The zero-order valence-electron chi connectivity index (χ0n) is 15.3. The van der Waals surface area contributed by atoms with Crippen molar-refractivity contribution in [1.82, 2.24) is 5.32 Å². The average molecular weight is 402 g/mol. The predicted molar refractivity (Wildman–Crippen MR) is 104 cm³/mol. The maximum Gasteiger partial charge on any atom is 0.262 e. The minimum absolute atomic E-state index is 0.0832. The molecular weight excluding hydrogens is 380 g/mol. The van der Waals surface area contributed by atoms with Crippen molar-refractivity contribution < 1.29 is 22.7 Å². The molecule has 4 rings (SSSR count). The first-order chi connectivity index (χ1) is 13.5. The molecule has 2 aromatic carbocycles. The lowest BCUT2D eigenvalue weighted by molar-refractivity contribution is 0.0938. The van der Waals surface area contributed by atoms with Gasteiger partial charge in [0.2, 0.25) is 0 Å². The second kappa shape index (κ2) is 7.71. The molecule has 8 heteroatoms. The van der Waals surface area contributed by atoms with Crippen LogP contribution in [0.1, 0.15) is 36.0 Å². The van der Waals surface area contributed by atoms with Crippen LogP contribution < -0.4 is 19.5 Å². The molecule has 0 spiro atoms. The van der Waals surface area contributed by atoms with Gasteiger partial charge in [-0.15, -0.1) is 0 Å². The summed E-state index contributed by atoms with van der Waals surface area (Å²) in [7, 11) is -3.78. The Kier molecular flexibility index (Phi) is 5.13. The van der Waals surface area contributed by atoms with Gasteiger partial charge in [-0.05, 0) is 49.2 Å². The smallest absolute Gasteiger partial charge is 0.262 e. The quantitative estimate of drug-likeness (QED) is 0.802. The highest BCUT2D eigenvalue weighted by Gasteiger charge is 2.20. The van der Waals surface area contributed by atoms with Crippen molar-refractivity contribution in [1.29, 1.82) is 0 Å². The molecule has 7 nitrogen and oxygen atoms in total. The fraction of sp³-hybridized carbons (Fsp3) is 0.350. The van der Waals surface area contributed by atoms with Gasteiger partial charge < -0.3 is 14.8 Å². The minimum Gasteiger partial charge on any atom is -0.486 e. The molecule has 148 valence electrons. The first kappa shape index (κ1) is 18.6. The van der Waals surface area contributed by atoms with E-state index in [0.717, 1.165) is 25.7 Å². The summed E-state index contributed by atoms with van der Waals surface area (Å²) in [5.41, 5.74) is 0.890. The van der Waals surface area contributed by atoms with E-state index in [0.29, 0.717) is 36.0 Å². The summed E-state index contributed by atoms with van der Waals surface area (Å²) in [6.45, 7) is 0.826. The van der Waals surface area contributed by atoms with Crippen molar-refractivity contribution in [2.75, 3.05) is 17.9 Å². The van der Waals surface area contributed by atoms with Crippen LogP contribution >= 0.6 is 0 Å². The lowest BCUT2D eigenvalue weighted by Gasteiger charge is -2.19. The Hall–Kier alpha value is -2.74. The van der Waals surface area contributed by atoms with E-state index in [1.54, 1.807) is 30.3 Å². The molecule has 2 aromatic rings. The monoisotopic (exact) mass is 402 g/mol. The summed E-state index contributed by atoms with van der Waals surface area (Å²) < 4.78 is 38.7. The third-order valence-electron chi connectivity index (χ3n) is 4.91. The Morgan fingerprint density at radius 2 is 1.61 bits per heavy atom. The zero-order chi connectivity index (χ0) is 19.6. The Balaban J connectivity index is 1.45. The molecule has 1 heterocycles. The number of hydrogen-bond donors (Lipinski definition) is 2. The molecule has 1 amide bonds. The highest BCUT2D eigenvalue weighted by molar-refractivity contribution is 7.92. The standard InChI is InChI=1S/C20H22N2O5S/c23-20(21-15-3-1-2-4-15)14-5-7-16(8-6-14)22-28(24,25)17-9-10-18-19(13-17)27-12-11-26-18/h5-10,13,15,22H,1-4,11-12H2,(H,21,23). The van der Waals surface area contributed by atoms with Gasteiger partial charge in [-0.2, -0.15) is 0 Å². The van der Waals surface area contributed by atoms with Crippen molar-refractivity contribution in [3.63, 3.8) is 0 Å². The molecule has 0 atom stereocenters. The van der Waals surface area contributed by atoms with Gasteiger partial charge >= 0.3 is 0 Å². The summed E-state index contributed by atoms with van der Waals surface area (Å²) in [4.78, 5) is 12.4. The van der Waals surface area contributed by atoms with E-state index in [2.05, 4.69) is 10.0 Å². The van der Waals surface area contributed by atoms with Crippen LogP contribution in [0.4, 0.5) is 5.69 Å². The minimum atomic E-state index is -3.78. The number of carbonyl (C=O) groups excluding carboxylic acids is 1. The molecule has 1 saturated carbocycles. The molecule has 0 unspecified atom stereocenters. The number of benzene rings is 2. The van der Waals surface area contributed by atoms with Gasteiger partial charge in [-0.1, -0.05) is 12.8 Å². The first-order valence-corrected chi connectivity index (χ1v) is 10.8. The van der Waals surface area contributed by atoms with Crippen molar-refractivity contribution >= 4 is 21.6 Å². The number of sulfonamides is 1. The van der Waals surface area contributed by atoms with E-state index < -0.39 is 10.0 Å². The van der Waals surface area contributed by atoms with E-state index in [9.17, 15) is 13.2 Å². The van der Waals surface area contributed by atoms with Crippen molar-refractivity contribution in [3.8, 4) is 11.5 Å².